The average Bonchev–Trinajstić information content (AvgIpc) is 2.54. The van der Waals surface area contributed by atoms with Gasteiger partial charge >= 0.3 is 0 Å². The predicted octanol–water partition coefficient (Wildman–Crippen LogP) is 4.35. The number of ether oxygens (including phenoxy) is 2. The minimum Gasteiger partial charge on any atom is -0.497 e. The van der Waals surface area contributed by atoms with E-state index >= 15 is 0 Å². The second-order valence-electron chi connectivity index (χ2n) is 4.69. The summed E-state index contributed by atoms with van der Waals surface area (Å²) >= 11 is 6.04. The third-order valence-electron chi connectivity index (χ3n) is 3.44. The minimum atomic E-state index is -0.598. The van der Waals surface area contributed by atoms with Gasteiger partial charge in [-0.15, -0.1) is 0 Å². The Hall–Kier alpha value is -2.25. The van der Waals surface area contributed by atoms with Crippen LogP contribution in [0.3, 0.4) is 0 Å². The lowest BCUT2D eigenvalue weighted by Crippen LogP contribution is -2.05. The van der Waals surface area contributed by atoms with Crippen molar-refractivity contribution in [3.8, 4) is 17.6 Å². The van der Waals surface area contributed by atoms with Gasteiger partial charge in [-0.3, -0.25) is 0 Å². The van der Waals surface area contributed by atoms with Crippen molar-refractivity contribution >= 4 is 11.6 Å². The van der Waals surface area contributed by atoms with Gasteiger partial charge < -0.3 is 9.47 Å². The van der Waals surface area contributed by atoms with Crippen molar-refractivity contribution in [1.82, 2.24) is 0 Å². The number of methoxy groups -OCH3 is 2. The summed E-state index contributed by atoms with van der Waals surface area (Å²) in [6.07, 6.45) is 0.158. The molecule has 0 aliphatic carbocycles. The Morgan fingerprint density at radius 2 is 2.00 bits per heavy atom. The molecule has 0 radical (unpaired) electrons. The van der Waals surface area contributed by atoms with Crippen LogP contribution in [0.1, 0.15) is 17.0 Å². The number of nitriles is 1. The fourth-order valence-electron chi connectivity index (χ4n) is 2.27. The van der Waals surface area contributed by atoms with Gasteiger partial charge in [-0.25, -0.2) is 4.39 Å². The molecular weight excluding hydrogens is 305 g/mol. The Kier molecular flexibility index (Phi) is 5.24. The molecule has 0 saturated carbocycles. The summed E-state index contributed by atoms with van der Waals surface area (Å²) in [6.45, 7) is 0. The molecule has 2 aromatic carbocycles. The van der Waals surface area contributed by atoms with Crippen LogP contribution < -0.4 is 9.47 Å². The molecule has 0 bridgehead atoms. The van der Waals surface area contributed by atoms with Crippen LogP contribution in [0.4, 0.5) is 4.39 Å². The Balaban J connectivity index is 2.43. The first-order valence-corrected chi connectivity index (χ1v) is 7.03. The average molecular weight is 320 g/mol. The predicted molar refractivity (Wildman–Crippen MR) is 83.0 cm³/mol. The maximum atomic E-state index is 13.9. The van der Waals surface area contributed by atoms with Crippen molar-refractivity contribution in [3.05, 3.63) is 58.4 Å². The molecule has 1 atom stereocenters. The third kappa shape index (κ3) is 3.32. The second-order valence-corrected chi connectivity index (χ2v) is 5.10. The van der Waals surface area contributed by atoms with Crippen LogP contribution in [0.2, 0.25) is 5.02 Å². The maximum Gasteiger partial charge on any atom is 0.127 e. The van der Waals surface area contributed by atoms with E-state index < -0.39 is 11.7 Å². The lowest BCUT2D eigenvalue weighted by molar-refractivity contribution is 0.397. The summed E-state index contributed by atoms with van der Waals surface area (Å²) in [7, 11) is 3.07. The summed E-state index contributed by atoms with van der Waals surface area (Å²) in [5.74, 6) is 0.143. The Labute approximate surface area is 133 Å². The van der Waals surface area contributed by atoms with E-state index in [1.165, 1.54) is 19.2 Å². The molecule has 0 spiro atoms. The molecule has 5 heteroatoms. The maximum absolute atomic E-state index is 13.9. The van der Waals surface area contributed by atoms with E-state index in [4.69, 9.17) is 21.1 Å². The van der Waals surface area contributed by atoms with Gasteiger partial charge in [0, 0.05) is 16.1 Å². The first-order valence-electron chi connectivity index (χ1n) is 6.65. The quantitative estimate of drug-likeness (QED) is 0.823. The highest BCUT2D eigenvalue weighted by atomic mass is 35.5. The van der Waals surface area contributed by atoms with Crippen LogP contribution in [0.15, 0.2) is 36.4 Å². The lowest BCUT2D eigenvalue weighted by Gasteiger charge is -2.16. The van der Waals surface area contributed by atoms with Gasteiger partial charge in [0.05, 0.1) is 26.2 Å². The lowest BCUT2D eigenvalue weighted by atomic mass is 9.92. The molecule has 0 saturated heterocycles. The molecule has 3 nitrogen and oxygen atoms in total. The number of rotatable bonds is 5. The van der Waals surface area contributed by atoms with Crippen LogP contribution in [0.25, 0.3) is 0 Å². The topological polar surface area (TPSA) is 42.2 Å². The molecule has 22 heavy (non-hydrogen) atoms. The molecule has 0 N–H and O–H groups in total. The fraction of sp³-hybridized carbons (Fsp3) is 0.235. The fourth-order valence-corrected chi connectivity index (χ4v) is 2.51. The Bertz CT molecular complexity index is 692. The zero-order valence-electron chi connectivity index (χ0n) is 12.3. The molecule has 114 valence electrons. The zero-order chi connectivity index (χ0) is 16.1. The highest BCUT2D eigenvalue weighted by Crippen LogP contribution is 2.34. The van der Waals surface area contributed by atoms with Crippen LogP contribution in [0.5, 0.6) is 11.5 Å². The van der Waals surface area contributed by atoms with Crippen molar-refractivity contribution in [2.45, 2.75) is 12.3 Å². The molecule has 1 unspecified atom stereocenters. The minimum absolute atomic E-state index is 0.158. The van der Waals surface area contributed by atoms with Gasteiger partial charge in [0.25, 0.3) is 0 Å². The van der Waals surface area contributed by atoms with Crippen molar-refractivity contribution in [1.29, 1.82) is 5.26 Å². The highest BCUT2D eigenvalue weighted by molar-refractivity contribution is 6.31. The summed E-state index contributed by atoms with van der Waals surface area (Å²) in [6, 6.07) is 11.9. The number of hydrogen-bond acceptors (Lipinski definition) is 3. The first kappa shape index (κ1) is 16.1. The van der Waals surface area contributed by atoms with Crippen LogP contribution >= 0.6 is 11.6 Å². The molecule has 0 aliphatic heterocycles. The van der Waals surface area contributed by atoms with Gasteiger partial charge in [0.2, 0.25) is 0 Å². The molecule has 0 amide bonds. The number of halogens is 2. The second kappa shape index (κ2) is 7.15. The van der Waals surface area contributed by atoms with Gasteiger partial charge in [-0.05, 0) is 36.8 Å². The highest BCUT2D eigenvalue weighted by Gasteiger charge is 2.20. The molecule has 0 aliphatic rings. The van der Waals surface area contributed by atoms with Crippen LogP contribution in [-0.2, 0) is 6.42 Å². The van der Waals surface area contributed by atoms with Crippen LogP contribution in [0, 0.1) is 17.1 Å². The Morgan fingerprint density at radius 3 is 2.59 bits per heavy atom. The van der Waals surface area contributed by atoms with E-state index in [2.05, 4.69) is 6.07 Å². The van der Waals surface area contributed by atoms with E-state index in [-0.39, 0.29) is 6.42 Å². The number of nitrogens with zero attached hydrogens (tertiary/aromatic N) is 1. The van der Waals surface area contributed by atoms with Crippen molar-refractivity contribution < 1.29 is 13.9 Å². The summed E-state index contributed by atoms with van der Waals surface area (Å²) in [5.41, 5.74) is 0.962. The van der Waals surface area contributed by atoms with E-state index in [1.807, 2.05) is 0 Å². The monoisotopic (exact) mass is 319 g/mol. The van der Waals surface area contributed by atoms with Crippen molar-refractivity contribution in [3.63, 3.8) is 0 Å². The number of hydrogen-bond donors (Lipinski definition) is 0. The van der Waals surface area contributed by atoms with E-state index in [0.29, 0.717) is 27.6 Å². The van der Waals surface area contributed by atoms with Gasteiger partial charge in [-0.1, -0.05) is 17.7 Å². The van der Waals surface area contributed by atoms with Crippen molar-refractivity contribution in [2.75, 3.05) is 14.2 Å². The zero-order valence-corrected chi connectivity index (χ0v) is 13.0. The normalized spacial score (nSPS) is 11.6. The largest absolute Gasteiger partial charge is 0.497 e. The van der Waals surface area contributed by atoms with E-state index in [9.17, 15) is 9.65 Å². The van der Waals surface area contributed by atoms with E-state index in [0.717, 1.165) is 0 Å². The molecule has 0 aromatic heterocycles. The van der Waals surface area contributed by atoms with E-state index in [1.54, 1.807) is 31.4 Å². The summed E-state index contributed by atoms with van der Waals surface area (Å²) < 4.78 is 24.4. The molecule has 0 heterocycles. The Morgan fingerprint density at radius 1 is 1.23 bits per heavy atom. The van der Waals surface area contributed by atoms with Gasteiger partial charge in [-0.2, -0.15) is 5.26 Å². The first-order chi connectivity index (χ1) is 10.6. The molecule has 2 aromatic rings. The molecular formula is C17H15ClFNO2. The van der Waals surface area contributed by atoms with Crippen molar-refractivity contribution in [2.24, 2.45) is 0 Å². The SMILES string of the molecule is COc1ccc(OC)c(C(C#N)Cc2c(F)cccc2Cl)c1. The van der Waals surface area contributed by atoms with Crippen LogP contribution in [-0.4, -0.2) is 14.2 Å². The molecule has 0 fully saturated rings. The third-order valence-corrected chi connectivity index (χ3v) is 3.79. The number of benzene rings is 2. The summed E-state index contributed by atoms with van der Waals surface area (Å²) in [4.78, 5) is 0. The standard InChI is InChI=1S/C17H15ClFNO2/c1-21-12-6-7-17(22-2)13(9-12)11(10-20)8-14-15(18)4-3-5-16(14)19/h3-7,9,11H,8H2,1-2H3. The van der Waals surface area contributed by atoms with Gasteiger partial charge in [0.1, 0.15) is 17.3 Å². The summed E-state index contributed by atoms with van der Waals surface area (Å²) in [5, 5.41) is 9.80. The smallest absolute Gasteiger partial charge is 0.127 e. The molecule has 2 rings (SSSR count). The van der Waals surface area contributed by atoms with Gasteiger partial charge in [0.15, 0.2) is 0 Å².